The summed E-state index contributed by atoms with van der Waals surface area (Å²) < 4.78 is 29.9. The molecule has 0 fully saturated rings. The minimum atomic E-state index is -0.989. The lowest BCUT2D eigenvalue weighted by molar-refractivity contribution is -0.140. The van der Waals surface area contributed by atoms with Crippen molar-refractivity contribution in [3.05, 3.63) is 101 Å². The Morgan fingerprint density at radius 2 is 1.72 bits per heavy atom. The molecule has 39 heavy (non-hydrogen) atoms. The van der Waals surface area contributed by atoms with E-state index in [1.807, 2.05) is 54.3 Å². The number of aromatic nitrogens is 1. The van der Waals surface area contributed by atoms with Crippen molar-refractivity contribution in [1.82, 2.24) is 9.88 Å². The summed E-state index contributed by atoms with van der Waals surface area (Å²) in [6.45, 7) is 2.95. The monoisotopic (exact) mass is 551 g/mol. The largest absolute Gasteiger partial charge is 0.481 e. The van der Waals surface area contributed by atoms with Gasteiger partial charge in [-0.1, -0.05) is 49.4 Å². The lowest BCUT2D eigenvalue weighted by Gasteiger charge is -2.31. The number of fused-ring (bicyclic) bond motifs is 1. The first-order valence-corrected chi connectivity index (χ1v) is 14.3. The molecule has 0 radical (unpaired) electrons. The number of nitrogens with zero attached hydrogens (tertiary/aromatic N) is 1. The molecule has 5 nitrogen and oxygen atoms in total. The molecule has 0 amide bonds. The van der Waals surface area contributed by atoms with E-state index in [0.717, 1.165) is 33.8 Å². The number of aliphatic carboxylic acids is 1. The Morgan fingerprint density at radius 1 is 1.03 bits per heavy atom. The Morgan fingerprint density at radius 3 is 2.38 bits per heavy atom. The summed E-state index contributed by atoms with van der Waals surface area (Å²) in [5.41, 5.74) is 11.0. The fourth-order valence-electron chi connectivity index (χ4n) is 5.46. The fraction of sp³-hybridized carbons (Fsp3) is 0.323. The summed E-state index contributed by atoms with van der Waals surface area (Å²) in [4.78, 5) is 13.9. The van der Waals surface area contributed by atoms with Crippen LogP contribution in [-0.2, 0) is 31.2 Å². The molecule has 0 aliphatic carbocycles. The summed E-state index contributed by atoms with van der Waals surface area (Å²) in [7, 11) is 1.88. The van der Waals surface area contributed by atoms with E-state index in [1.54, 1.807) is 0 Å². The molecule has 3 atom stereocenters. The molecule has 0 spiro atoms. The second-order valence-corrected chi connectivity index (χ2v) is 10.7. The quantitative estimate of drug-likeness (QED) is 0.192. The summed E-state index contributed by atoms with van der Waals surface area (Å²) in [5.74, 6) is -3.88. The molecule has 0 aliphatic heterocycles. The van der Waals surface area contributed by atoms with Gasteiger partial charge in [-0.2, -0.15) is 0 Å². The molecule has 0 aliphatic rings. The van der Waals surface area contributed by atoms with E-state index in [2.05, 4.69) is 24.4 Å². The van der Waals surface area contributed by atoms with Crippen LogP contribution in [0, 0.1) is 17.6 Å². The van der Waals surface area contributed by atoms with Gasteiger partial charge < -0.3 is 20.7 Å². The van der Waals surface area contributed by atoms with Gasteiger partial charge in [-0.3, -0.25) is 4.79 Å². The Kier molecular flexibility index (Phi) is 9.43. The molecule has 0 saturated carbocycles. The van der Waals surface area contributed by atoms with Gasteiger partial charge in [0, 0.05) is 59.7 Å². The molecule has 206 valence electrons. The lowest BCUT2D eigenvalue weighted by Crippen LogP contribution is -2.44. The molecule has 0 saturated heterocycles. The number of carboxylic acids is 1. The highest BCUT2D eigenvalue weighted by molar-refractivity contribution is 7.98. The van der Waals surface area contributed by atoms with Gasteiger partial charge >= 0.3 is 5.97 Å². The number of carboxylic acid groups (broad SMARTS) is 1. The van der Waals surface area contributed by atoms with Crippen molar-refractivity contribution < 1.29 is 18.7 Å². The van der Waals surface area contributed by atoms with Crippen molar-refractivity contribution in [3.8, 4) is 0 Å². The second kappa shape index (κ2) is 12.8. The van der Waals surface area contributed by atoms with Crippen molar-refractivity contribution in [2.45, 2.75) is 43.2 Å². The standard InChI is InChI=1S/C31H35F2N3O2S/c1-4-19-8-7-9-20(12-19)17-35-18-25(26(34)15-21-13-22(32)16-23(33)14-21)28(31(37)38)29-30(39-3)24-10-5-6-11-27(24)36(29)2/h5-14,16,25-26,28,35H,4,15,17-18,34H2,1-3H3,(H,37,38)/t25-,26?,28+/m1/s1. The topological polar surface area (TPSA) is 80.3 Å². The predicted molar refractivity (Wildman–Crippen MR) is 154 cm³/mol. The number of halogens is 2. The Labute approximate surface area is 232 Å². The number of nitrogens with one attached hydrogen (secondary N) is 1. The molecular weight excluding hydrogens is 516 g/mol. The molecule has 4 N–H and O–H groups in total. The lowest BCUT2D eigenvalue weighted by atomic mass is 9.81. The van der Waals surface area contributed by atoms with Crippen LogP contribution in [0.3, 0.4) is 0 Å². The van der Waals surface area contributed by atoms with Crippen molar-refractivity contribution in [3.63, 3.8) is 0 Å². The SMILES string of the molecule is CCc1cccc(CNC[C@H](C(N)Cc2cc(F)cc(F)c2)[C@H](C(=O)O)c2c(SC)c3ccccc3n2C)c1. The Hall–Kier alpha value is -3.20. The number of thioether (sulfide) groups is 1. The van der Waals surface area contributed by atoms with Crippen LogP contribution < -0.4 is 11.1 Å². The average Bonchev–Trinajstić information content (AvgIpc) is 3.18. The smallest absolute Gasteiger partial charge is 0.312 e. The van der Waals surface area contributed by atoms with E-state index < -0.39 is 35.5 Å². The normalized spacial score (nSPS) is 13.9. The first-order chi connectivity index (χ1) is 18.7. The van der Waals surface area contributed by atoms with Crippen LogP contribution >= 0.6 is 11.8 Å². The van der Waals surface area contributed by atoms with Gasteiger partial charge in [0.1, 0.15) is 17.6 Å². The number of carbonyl (C=O) groups is 1. The predicted octanol–water partition coefficient (Wildman–Crippen LogP) is 5.89. The Balaban J connectivity index is 1.72. The summed E-state index contributed by atoms with van der Waals surface area (Å²) >= 11 is 1.51. The van der Waals surface area contributed by atoms with Crippen molar-refractivity contribution in [2.75, 3.05) is 12.8 Å². The van der Waals surface area contributed by atoms with E-state index >= 15 is 0 Å². The van der Waals surface area contributed by atoms with E-state index in [9.17, 15) is 18.7 Å². The highest BCUT2D eigenvalue weighted by Crippen LogP contribution is 2.40. The first-order valence-electron chi connectivity index (χ1n) is 13.1. The minimum Gasteiger partial charge on any atom is -0.481 e. The second-order valence-electron chi connectivity index (χ2n) is 9.92. The maximum absolute atomic E-state index is 14.0. The van der Waals surface area contributed by atoms with Crippen LogP contribution in [0.15, 0.2) is 71.6 Å². The van der Waals surface area contributed by atoms with Crippen molar-refractivity contribution in [1.29, 1.82) is 0 Å². The van der Waals surface area contributed by atoms with E-state index in [-0.39, 0.29) is 6.42 Å². The highest BCUT2D eigenvalue weighted by Gasteiger charge is 2.38. The zero-order valence-corrected chi connectivity index (χ0v) is 23.3. The van der Waals surface area contributed by atoms with E-state index in [4.69, 9.17) is 5.73 Å². The third-order valence-electron chi connectivity index (χ3n) is 7.35. The molecule has 4 rings (SSSR count). The summed E-state index contributed by atoms with van der Waals surface area (Å²) in [6, 6.07) is 18.7. The van der Waals surface area contributed by atoms with Gasteiger partial charge in [-0.05, 0) is 54.0 Å². The molecule has 1 unspecified atom stereocenters. The van der Waals surface area contributed by atoms with Gasteiger partial charge in [0.15, 0.2) is 0 Å². The average molecular weight is 552 g/mol. The number of rotatable bonds is 12. The van der Waals surface area contributed by atoms with Crippen LogP contribution in [-0.4, -0.2) is 34.5 Å². The molecule has 1 aromatic heterocycles. The molecule has 8 heteroatoms. The first kappa shape index (κ1) is 28.8. The number of benzene rings is 3. The molecular formula is C31H35F2N3O2S. The third-order valence-corrected chi connectivity index (χ3v) is 8.19. The van der Waals surface area contributed by atoms with Gasteiger partial charge in [0.25, 0.3) is 0 Å². The van der Waals surface area contributed by atoms with Gasteiger partial charge in [0.2, 0.25) is 0 Å². The molecule has 0 bridgehead atoms. The summed E-state index contributed by atoms with van der Waals surface area (Å²) in [6.07, 6.45) is 2.99. The minimum absolute atomic E-state index is 0.134. The third kappa shape index (κ3) is 6.52. The van der Waals surface area contributed by atoms with Crippen LogP contribution in [0.5, 0.6) is 0 Å². The van der Waals surface area contributed by atoms with Gasteiger partial charge in [0.05, 0.1) is 0 Å². The Bertz CT molecular complexity index is 1440. The van der Waals surface area contributed by atoms with Crippen LogP contribution in [0.4, 0.5) is 8.78 Å². The molecule has 1 heterocycles. The highest BCUT2D eigenvalue weighted by atomic mass is 32.2. The van der Waals surface area contributed by atoms with Gasteiger partial charge in [-0.25, -0.2) is 8.78 Å². The van der Waals surface area contributed by atoms with E-state index in [1.165, 1.54) is 29.5 Å². The number of nitrogens with two attached hydrogens (primary N) is 1. The zero-order chi connectivity index (χ0) is 28.1. The number of para-hydroxylation sites is 1. The maximum atomic E-state index is 14.0. The summed E-state index contributed by atoms with van der Waals surface area (Å²) in [5, 5.41) is 15.0. The van der Waals surface area contributed by atoms with E-state index in [0.29, 0.717) is 24.3 Å². The molecule has 3 aromatic carbocycles. The fourth-order valence-corrected chi connectivity index (χ4v) is 6.32. The van der Waals surface area contributed by atoms with Crippen LogP contribution in [0.2, 0.25) is 0 Å². The number of hydrogen-bond acceptors (Lipinski definition) is 4. The van der Waals surface area contributed by atoms with Crippen LogP contribution in [0.25, 0.3) is 10.9 Å². The van der Waals surface area contributed by atoms with Gasteiger partial charge in [-0.15, -0.1) is 11.8 Å². The maximum Gasteiger partial charge on any atom is 0.312 e. The van der Waals surface area contributed by atoms with Crippen LogP contribution in [0.1, 0.15) is 35.2 Å². The number of hydrogen-bond donors (Lipinski definition) is 3. The zero-order valence-electron chi connectivity index (χ0n) is 22.5. The van der Waals surface area contributed by atoms with Crippen molar-refractivity contribution >= 4 is 28.6 Å². The van der Waals surface area contributed by atoms with Crippen molar-refractivity contribution in [2.24, 2.45) is 18.7 Å². The number of aryl methyl sites for hydroxylation is 2. The molecule has 4 aromatic rings.